The first kappa shape index (κ1) is 11.3. The highest BCUT2D eigenvalue weighted by atomic mass is 32.1. The average molecular weight is 241 g/mol. The molecule has 1 aromatic heterocycles. The Labute approximate surface area is 98.4 Å². The van der Waals surface area contributed by atoms with Gasteiger partial charge >= 0.3 is 5.97 Å². The Hall–Kier alpha value is -1.17. The number of aromatic nitrogens is 2. The standard InChI is InChI=1S/C10H15N3O2S/c1-2-15-9(14)8-11-12-10(16-8)13-6-4-3-5-7-13/h2-7H2,1H3. The molecular formula is C10H15N3O2S. The fourth-order valence-corrected chi connectivity index (χ4v) is 2.49. The second kappa shape index (κ2) is 5.25. The van der Waals surface area contributed by atoms with Crippen LogP contribution in [0.2, 0.25) is 0 Å². The molecule has 0 radical (unpaired) electrons. The number of hydrogen-bond donors (Lipinski definition) is 0. The molecule has 2 heterocycles. The smallest absolute Gasteiger partial charge is 0.369 e. The number of rotatable bonds is 3. The molecule has 0 unspecified atom stereocenters. The lowest BCUT2D eigenvalue weighted by molar-refractivity contribution is 0.0525. The van der Waals surface area contributed by atoms with Crippen molar-refractivity contribution < 1.29 is 9.53 Å². The van der Waals surface area contributed by atoms with Crippen LogP contribution in [-0.2, 0) is 4.74 Å². The predicted molar refractivity (Wildman–Crippen MR) is 61.9 cm³/mol. The molecule has 1 fully saturated rings. The first-order chi connectivity index (χ1) is 7.81. The Kier molecular flexibility index (Phi) is 3.71. The number of esters is 1. The van der Waals surface area contributed by atoms with E-state index in [9.17, 15) is 4.79 Å². The van der Waals surface area contributed by atoms with E-state index in [1.807, 2.05) is 0 Å². The van der Waals surface area contributed by atoms with Crippen molar-refractivity contribution in [3.05, 3.63) is 5.01 Å². The summed E-state index contributed by atoms with van der Waals surface area (Å²) >= 11 is 1.32. The normalized spacial score (nSPS) is 16.2. The number of carbonyl (C=O) groups is 1. The molecule has 6 heteroatoms. The minimum Gasteiger partial charge on any atom is -0.461 e. The summed E-state index contributed by atoms with van der Waals surface area (Å²) in [6.45, 7) is 4.18. The van der Waals surface area contributed by atoms with E-state index in [0.717, 1.165) is 18.2 Å². The fraction of sp³-hybridized carbons (Fsp3) is 0.700. The van der Waals surface area contributed by atoms with Crippen LogP contribution in [0.4, 0.5) is 5.13 Å². The van der Waals surface area contributed by atoms with Gasteiger partial charge in [-0.25, -0.2) is 4.79 Å². The molecule has 0 N–H and O–H groups in total. The zero-order chi connectivity index (χ0) is 11.4. The first-order valence-electron chi connectivity index (χ1n) is 5.57. The van der Waals surface area contributed by atoms with Gasteiger partial charge in [-0.05, 0) is 26.2 Å². The number of anilines is 1. The van der Waals surface area contributed by atoms with E-state index >= 15 is 0 Å². The maximum absolute atomic E-state index is 11.4. The quantitative estimate of drug-likeness (QED) is 0.754. The van der Waals surface area contributed by atoms with Crippen LogP contribution < -0.4 is 4.90 Å². The zero-order valence-electron chi connectivity index (χ0n) is 9.31. The highest BCUT2D eigenvalue weighted by Crippen LogP contribution is 2.23. The third-order valence-electron chi connectivity index (χ3n) is 2.49. The van der Waals surface area contributed by atoms with E-state index in [0.29, 0.717) is 11.6 Å². The van der Waals surface area contributed by atoms with E-state index < -0.39 is 0 Å². The van der Waals surface area contributed by atoms with E-state index in [2.05, 4.69) is 15.1 Å². The number of nitrogens with zero attached hydrogens (tertiary/aromatic N) is 3. The number of ether oxygens (including phenoxy) is 1. The van der Waals surface area contributed by atoms with Gasteiger partial charge < -0.3 is 9.64 Å². The van der Waals surface area contributed by atoms with Crippen molar-refractivity contribution in [3.63, 3.8) is 0 Å². The van der Waals surface area contributed by atoms with Gasteiger partial charge in [0.05, 0.1) is 6.61 Å². The van der Waals surface area contributed by atoms with Gasteiger partial charge in [0.2, 0.25) is 10.1 Å². The maximum atomic E-state index is 11.4. The lowest BCUT2D eigenvalue weighted by Gasteiger charge is -2.25. The summed E-state index contributed by atoms with van der Waals surface area (Å²) in [5.41, 5.74) is 0. The molecule has 5 nitrogen and oxygen atoms in total. The Morgan fingerprint density at radius 1 is 1.38 bits per heavy atom. The van der Waals surface area contributed by atoms with Gasteiger partial charge in [-0.15, -0.1) is 10.2 Å². The Morgan fingerprint density at radius 3 is 2.81 bits per heavy atom. The van der Waals surface area contributed by atoms with Crippen molar-refractivity contribution in [2.75, 3.05) is 24.6 Å². The lowest BCUT2D eigenvalue weighted by Crippen LogP contribution is -2.29. The van der Waals surface area contributed by atoms with Crippen LogP contribution in [0.3, 0.4) is 0 Å². The summed E-state index contributed by atoms with van der Waals surface area (Å²) < 4.78 is 4.88. The number of carbonyl (C=O) groups excluding carboxylic acids is 1. The molecule has 16 heavy (non-hydrogen) atoms. The highest BCUT2D eigenvalue weighted by molar-refractivity contribution is 7.17. The molecule has 1 saturated heterocycles. The summed E-state index contributed by atoms with van der Waals surface area (Å²) in [4.78, 5) is 13.6. The molecule has 1 aliphatic heterocycles. The first-order valence-corrected chi connectivity index (χ1v) is 6.38. The van der Waals surface area contributed by atoms with Gasteiger partial charge in [0, 0.05) is 13.1 Å². The topological polar surface area (TPSA) is 55.3 Å². The zero-order valence-corrected chi connectivity index (χ0v) is 10.1. The Bertz CT molecular complexity index is 361. The second-order valence-corrected chi connectivity index (χ2v) is 4.61. The van der Waals surface area contributed by atoms with Gasteiger partial charge in [-0.1, -0.05) is 11.3 Å². The molecule has 0 atom stereocenters. The van der Waals surface area contributed by atoms with E-state index in [1.165, 1.54) is 30.6 Å². The van der Waals surface area contributed by atoms with Crippen molar-refractivity contribution in [1.29, 1.82) is 0 Å². The molecule has 1 aliphatic rings. The van der Waals surface area contributed by atoms with Gasteiger partial charge in [-0.3, -0.25) is 0 Å². The van der Waals surface area contributed by atoms with Gasteiger partial charge in [0.15, 0.2) is 0 Å². The molecule has 1 aromatic rings. The van der Waals surface area contributed by atoms with Crippen LogP contribution in [0.15, 0.2) is 0 Å². The van der Waals surface area contributed by atoms with Crippen LogP contribution in [-0.4, -0.2) is 35.9 Å². The van der Waals surface area contributed by atoms with Crippen LogP contribution in [0.1, 0.15) is 36.0 Å². The molecule has 0 bridgehead atoms. The Balaban J connectivity index is 2.03. The van der Waals surface area contributed by atoms with Gasteiger partial charge in [0.25, 0.3) is 0 Å². The molecule has 2 rings (SSSR count). The summed E-state index contributed by atoms with van der Waals surface area (Å²) in [6, 6.07) is 0. The van der Waals surface area contributed by atoms with E-state index in [1.54, 1.807) is 6.92 Å². The van der Waals surface area contributed by atoms with Crippen LogP contribution in [0.25, 0.3) is 0 Å². The molecule has 0 amide bonds. The number of hydrogen-bond acceptors (Lipinski definition) is 6. The van der Waals surface area contributed by atoms with Gasteiger partial charge in [0.1, 0.15) is 0 Å². The number of piperidine rings is 1. The van der Waals surface area contributed by atoms with Crippen LogP contribution >= 0.6 is 11.3 Å². The second-order valence-electron chi connectivity index (χ2n) is 3.66. The molecular weight excluding hydrogens is 226 g/mol. The van der Waals surface area contributed by atoms with Crippen molar-refractivity contribution >= 4 is 22.4 Å². The monoisotopic (exact) mass is 241 g/mol. The SMILES string of the molecule is CCOC(=O)c1nnc(N2CCCCC2)s1. The minimum absolute atomic E-state index is 0.349. The van der Waals surface area contributed by atoms with Gasteiger partial charge in [-0.2, -0.15) is 0 Å². The van der Waals surface area contributed by atoms with Crippen LogP contribution in [0.5, 0.6) is 0 Å². The largest absolute Gasteiger partial charge is 0.461 e. The fourth-order valence-electron chi connectivity index (χ4n) is 1.70. The summed E-state index contributed by atoms with van der Waals surface area (Å²) in [5.74, 6) is -0.372. The predicted octanol–water partition coefficient (Wildman–Crippen LogP) is 1.71. The molecule has 0 saturated carbocycles. The average Bonchev–Trinajstić information content (AvgIpc) is 2.80. The van der Waals surface area contributed by atoms with Crippen LogP contribution in [0, 0.1) is 0 Å². The highest BCUT2D eigenvalue weighted by Gasteiger charge is 2.19. The summed E-state index contributed by atoms with van der Waals surface area (Å²) in [7, 11) is 0. The maximum Gasteiger partial charge on any atom is 0.369 e. The van der Waals surface area contributed by atoms with E-state index in [4.69, 9.17) is 4.74 Å². The third kappa shape index (κ3) is 2.49. The lowest BCUT2D eigenvalue weighted by atomic mass is 10.1. The van der Waals surface area contributed by atoms with Crippen molar-refractivity contribution in [2.45, 2.75) is 26.2 Å². The molecule has 0 aliphatic carbocycles. The molecule has 88 valence electrons. The molecule has 0 aromatic carbocycles. The van der Waals surface area contributed by atoms with Crippen molar-refractivity contribution in [1.82, 2.24) is 10.2 Å². The Morgan fingerprint density at radius 2 is 2.12 bits per heavy atom. The third-order valence-corrected chi connectivity index (χ3v) is 3.46. The van der Waals surface area contributed by atoms with Crippen molar-refractivity contribution in [3.8, 4) is 0 Å². The molecule has 0 spiro atoms. The van der Waals surface area contributed by atoms with Crippen molar-refractivity contribution in [2.24, 2.45) is 0 Å². The minimum atomic E-state index is -0.372. The summed E-state index contributed by atoms with van der Waals surface area (Å²) in [6.07, 6.45) is 3.66. The van der Waals surface area contributed by atoms with E-state index in [-0.39, 0.29) is 5.97 Å². The summed E-state index contributed by atoms with van der Waals surface area (Å²) in [5, 5.41) is 9.08.